The van der Waals surface area contributed by atoms with Crippen molar-refractivity contribution in [1.82, 2.24) is 9.80 Å². The molecule has 2 atom stereocenters. The second-order valence-electron chi connectivity index (χ2n) is 6.67. The van der Waals surface area contributed by atoms with E-state index in [4.69, 9.17) is 0 Å². The summed E-state index contributed by atoms with van der Waals surface area (Å²) >= 11 is 0. The minimum absolute atomic E-state index is 0.0895. The Hall–Kier alpha value is -1.30. The number of urea groups is 1. The number of piperidine rings is 1. The van der Waals surface area contributed by atoms with Crippen molar-refractivity contribution in [2.24, 2.45) is 5.41 Å². The molecule has 21 heavy (non-hydrogen) atoms. The third kappa shape index (κ3) is 3.31. The molecule has 2 rings (SSSR count). The van der Waals surface area contributed by atoms with Crippen LogP contribution in [-0.4, -0.2) is 64.3 Å². The number of carboxylic acids is 1. The van der Waals surface area contributed by atoms with E-state index in [-0.39, 0.29) is 12.1 Å². The van der Waals surface area contributed by atoms with Gasteiger partial charge in [-0.15, -0.1) is 0 Å². The van der Waals surface area contributed by atoms with Crippen LogP contribution < -0.4 is 0 Å². The van der Waals surface area contributed by atoms with Crippen LogP contribution in [0.25, 0.3) is 0 Å². The average molecular weight is 298 g/mol. The fourth-order valence-corrected chi connectivity index (χ4v) is 3.31. The first-order chi connectivity index (χ1) is 9.85. The average Bonchev–Trinajstić information content (AvgIpc) is 2.47. The number of nitrogens with zero attached hydrogens (tertiary/aromatic N) is 2. The van der Waals surface area contributed by atoms with E-state index in [1.807, 2.05) is 0 Å². The minimum Gasteiger partial charge on any atom is -0.481 e. The summed E-state index contributed by atoms with van der Waals surface area (Å²) in [7, 11) is 1.74. The Morgan fingerprint density at radius 2 is 1.76 bits per heavy atom. The zero-order chi connectivity index (χ0) is 15.6. The monoisotopic (exact) mass is 298 g/mol. The summed E-state index contributed by atoms with van der Waals surface area (Å²) in [6.07, 6.45) is 4.16. The van der Waals surface area contributed by atoms with Crippen molar-refractivity contribution >= 4 is 12.0 Å². The molecule has 2 aliphatic rings. The third-order valence-electron chi connectivity index (χ3n) is 5.15. The Labute approximate surface area is 125 Å². The van der Waals surface area contributed by atoms with Gasteiger partial charge >= 0.3 is 12.0 Å². The van der Waals surface area contributed by atoms with E-state index in [2.05, 4.69) is 0 Å². The lowest BCUT2D eigenvalue weighted by Crippen LogP contribution is -2.54. The third-order valence-corrected chi connectivity index (χ3v) is 5.15. The molecule has 1 saturated carbocycles. The molecule has 2 unspecified atom stereocenters. The SMILES string of the molecule is CN(C(=O)N1CCC(C)(C(=O)O)CC1)C1CCCCC1O. The highest BCUT2D eigenvalue weighted by Gasteiger charge is 2.39. The first-order valence-electron chi connectivity index (χ1n) is 7.78. The van der Waals surface area contributed by atoms with Gasteiger partial charge in [0, 0.05) is 20.1 Å². The predicted molar refractivity (Wildman–Crippen MR) is 78.0 cm³/mol. The number of hydrogen-bond acceptors (Lipinski definition) is 3. The summed E-state index contributed by atoms with van der Waals surface area (Å²) in [6.45, 7) is 2.68. The van der Waals surface area contributed by atoms with Crippen LogP contribution in [0.15, 0.2) is 0 Å². The molecule has 1 aliphatic heterocycles. The normalized spacial score (nSPS) is 29.0. The maximum absolute atomic E-state index is 12.5. The van der Waals surface area contributed by atoms with Crippen molar-refractivity contribution < 1.29 is 19.8 Å². The van der Waals surface area contributed by atoms with Gasteiger partial charge in [0.05, 0.1) is 17.6 Å². The first-order valence-corrected chi connectivity index (χ1v) is 7.78. The van der Waals surface area contributed by atoms with Gasteiger partial charge in [-0.1, -0.05) is 12.8 Å². The van der Waals surface area contributed by atoms with Gasteiger partial charge in [0.2, 0.25) is 0 Å². The molecular formula is C15H26N2O4. The second kappa shape index (κ2) is 6.22. The molecule has 2 amide bonds. The van der Waals surface area contributed by atoms with Gasteiger partial charge in [0.15, 0.2) is 0 Å². The molecule has 1 saturated heterocycles. The van der Waals surface area contributed by atoms with Gasteiger partial charge in [-0.3, -0.25) is 4.79 Å². The van der Waals surface area contributed by atoms with Crippen molar-refractivity contribution in [3.8, 4) is 0 Å². The second-order valence-corrected chi connectivity index (χ2v) is 6.67. The number of rotatable bonds is 2. The van der Waals surface area contributed by atoms with Gasteiger partial charge in [0.1, 0.15) is 0 Å². The van der Waals surface area contributed by atoms with E-state index < -0.39 is 17.5 Å². The molecule has 0 radical (unpaired) electrons. The molecule has 1 aliphatic carbocycles. The molecule has 0 spiro atoms. The van der Waals surface area contributed by atoms with Crippen LogP contribution in [0.4, 0.5) is 4.79 Å². The molecule has 0 aromatic heterocycles. The van der Waals surface area contributed by atoms with Gasteiger partial charge in [-0.25, -0.2) is 4.79 Å². The molecule has 2 fully saturated rings. The van der Waals surface area contributed by atoms with Gasteiger partial charge in [-0.05, 0) is 32.6 Å². The van der Waals surface area contributed by atoms with Crippen molar-refractivity contribution in [2.75, 3.05) is 20.1 Å². The molecule has 120 valence electrons. The lowest BCUT2D eigenvalue weighted by atomic mass is 9.80. The Morgan fingerprint density at radius 3 is 2.29 bits per heavy atom. The van der Waals surface area contributed by atoms with Crippen LogP contribution in [0, 0.1) is 5.41 Å². The zero-order valence-corrected chi connectivity index (χ0v) is 12.9. The molecule has 0 aromatic carbocycles. The summed E-state index contributed by atoms with van der Waals surface area (Å²) in [5, 5.41) is 19.3. The quantitative estimate of drug-likeness (QED) is 0.810. The lowest BCUT2D eigenvalue weighted by molar-refractivity contribution is -0.150. The fourth-order valence-electron chi connectivity index (χ4n) is 3.31. The first kappa shape index (κ1) is 16.1. The molecule has 6 heteroatoms. The largest absolute Gasteiger partial charge is 0.481 e. The fraction of sp³-hybridized carbons (Fsp3) is 0.867. The Morgan fingerprint density at radius 1 is 1.19 bits per heavy atom. The Bertz CT molecular complexity index is 404. The van der Waals surface area contributed by atoms with Gasteiger partial charge < -0.3 is 20.0 Å². The van der Waals surface area contributed by atoms with Gasteiger partial charge in [-0.2, -0.15) is 0 Å². The minimum atomic E-state index is -0.786. The molecule has 1 heterocycles. The van der Waals surface area contributed by atoms with Crippen molar-refractivity contribution in [3.63, 3.8) is 0 Å². The summed E-state index contributed by atoms with van der Waals surface area (Å²) in [5.41, 5.74) is -0.723. The number of carbonyl (C=O) groups is 2. The number of aliphatic carboxylic acids is 1. The highest BCUT2D eigenvalue weighted by molar-refractivity contribution is 5.77. The van der Waals surface area contributed by atoms with Crippen LogP contribution in [0.5, 0.6) is 0 Å². The van der Waals surface area contributed by atoms with Crippen molar-refractivity contribution in [2.45, 2.75) is 57.6 Å². The highest BCUT2D eigenvalue weighted by atomic mass is 16.4. The number of aliphatic hydroxyl groups is 1. The topological polar surface area (TPSA) is 81.1 Å². The van der Waals surface area contributed by atoms with E-state index in [1.54, 1.807) is 23.8 Å². The van der Waals surface area contributed by atoms with E-state index in [9.17, 15) is 19.8 Å². The van der Waals surface area contributed by atoms with Crippen molar-refractivity contribution in [1.29, 1.82) is 0 Å². The molecule has 6 nitrogen and oxygen atoms in total. The standard InChI is InChI=1S/C15H26N2O4/c1-15(13(19)20)7-9-17(10-8-15)14(21)16(2)11-5-3-4-6-12(11)18/h11-12,18H,3-10H2,1-2H3,(H,19,20). The lowest BCUT2D eigenvalue weighted by Gasteiger charge is -2.41. The van der Waals surface area contributed by atoms with Crippen LogP contribution in [0.2, 0.25) is 0 Å². The summed E-state index contributed by atoms with van der Waals surface area (Å²) in [5.74, 6) is -0.786. The number of carboxylic acid groups (broad SMARTS) is 1. The Balaban J connectivity index is 1.93. The molecule has 0 aromatic rings. The predicted octanol–water partition coefficient (Wildman–Crippen LogP) is 1.53. The number of amides is 2. The Kier molecular flexibility index (Phi) is 4.76. The smallest absolute Gasteiger partial charge is 0.320 e. The number of likely N-dealkylation sites (tertiary alicyclic amines) is 1. The number of carbonyl (C=O) groups excluding carboxylic acids is 1. The zero-order valence-electron chi connectivity index (χ0n) is 12.9. The van der Waals surface area contributed by atoms with Crippen LogP contribution in [0.1, 0.15) is 45.4 Å². The maximum atomic E-state index is 12.5. The van der Waals surface area contributed by atoms with Crippen LogP contribution >= 0.6 is 0 Å². The summed E-state index contributed by atoms with van der Waals surface area (Å²) in [6, 6.07) is -0.201. The van der Waals surface area contributed by atoms with E-state index >= 15 is 0 Å². The molecular weight excluding hydrogens is 272 g/mol. The van der Waals surface area contributed by atoms with Crippen LogP contribution in [0.3, 0.4) is 0 Å². The highest BCUT2D eigenvalue weighted by Crippen LogP contribution is 2.32. The number of aliphatic hydroxyl groups excluding tert-OH is 1. The summed E-state index contributed by atoms with van der Waals surface area (Å²) in [4.78, 5) is 27.1. The summed E-state index contributed by atoms with van der Waals surface area (Å²) < 4.78 is 0. The van der Waals surface area contributed by atoms with E-state index in [1.165, 1.54) is 0 Å². The number of hydrogen-bond donors (Lipinski definition) is 2. The van der Waals surface area contributed by atoms with Crippen LogP contribution in [-0.2, 0) is 4.79 Å². The molecule has 2 N–H and O–H groups in total. The molecule has 0 bridgehead atoms. The van der Waals surface area contributed by atoms with Crippen molar-refractivity contribution in [3.05, 3.63) is 0 Å². The maximum Gasteiger partial charge on any atom is 0.320 e. The van der Waals surface area contributed by atoms with E-state index in [0.29, 0.717) is 25.9 Å². The van der Waals surface area contributed by atoms with E-state index in [0.717, 1.165) is 25.7 Å². The van der Waals surface area contributed by atoms with Gasteiger partial charge in [0.25, 0.3) is 0 Å². The number of likely N-dealkylation sites (N-methyl/N-ethyl adjacent to an activating group) is 1.